The Morgan fingerprint density at radius 2 is 1.09 bits per heavy atom. The first kappa shape index (κ1) is 23.6. The maximum atomic E-state index is 13.0. The molecule has 0 saturated carbocycles. The second-order valence-electron chi connectivity index (χ2n) is 9.00. The Morgan fingerprint density at radius 3 is 1.47 bits per heavy atom. The number of anilines is 2. The molecule has 0 aliphatic heterocycles. The third kappa shape index (κ3) is 6.02. The van der Waals surface area contributed by atoms with E-state index >= 15 is 0 Å². The highest BCUT2D eigenvalue weighted by Gasteiger charge is 2.27. The van der Waals surface area contributed by atoms with E-state index in [-0.39, 0.29) is 30.7 Å². The average Bonchev–Trinajstić information content (AvgIpc) is 2.99. The summed E-state index contributed by atoms with van der Waals surface area (Å²) in [5.41, 5.74) is 3.94. The van der Waals surface area contributed by atoms with Crippen molar-refractivity contribution >= 4 is 29.0 Å². The molecular formula is C25H32N4O3. The average molecular weight is 437 g/mol. The van der Waals surface area contributed by atoms with Crippen molar-refractivity contribution < 1.29 is 14.4 Å². The molecule has 2 aromatic carbocycles. The van der Waals surface area contributed by atoms with Gasteiger partial charge in [-0.2, -0.15) is 0 Å². The molecule has 3 rings (SSSR count). The van der Waals surface area contributed by atoms with Crippen LogP contribution in [-0.2, 0) is 9.59 Å². The molecule has 170 valence electrons. The zero-order valence-corrected chi connectivity index (χ0v) is 19.2. The maximum Gasteiger partial charge on any atom is 0.238 e. The van der Waals surface area contributed by atoms with Gasteiger partial charge < -0.3 is 21.3 Å². The summed E-state index contributed by atoms with van der Waals surface area (Å²) in [6, 6.07) is 10.7. The lowest BCUT2D eigenvalue weighted by molar-refractivity contribution is -0.116. The lowest BCUT2D eigenvalue weighted by Crippen LogP contribution is -2.30. The lowest BCUT2D eigenvalue weighted by atomic mass is 10.0. The minimum absolute atomic E-state index is 0.113. The molecule has 7 heteroatoms. The van der Waals surface area contributed by atoms with Crippen molar-refractivity contribution in [3.8, 4) is 11.1 Å². The van der Waals surface area contributed by atoms with Crippen LogP contribution in [0.15, 0.2) is 36.4 Å². The van der Waals surface area contributed by atoms with Crippen molar-refractivity contribution in [3.05, 3.63) is 47.5 Å². The van der Waals surface area contributed by atoms with E-state index in [4.69, 9.17) is 0 Å². The third-order valence-electron chi connectivity index (χ3n) is 5.06. The number of hydrogen-bond donors (Lipinski definition) is 4. The summed E-state index contributed by atoms with van der Waals surface area (Å²) in [6.45, 7) is 10.3. The second kappa shape index (κ2) is 10.5. The van der Waals surface area contributed by atoms with Gasteiger partial charge in [0.05, 0.1) is 13.1 Å². The van der Waals surface area contributed by atoms with Crippen LogP contribution in [0.5, 0.6) is 0 Å². The third-order valence-corrected chi connectivity index (χ3v) is 5.06. The fourth-order valence-electron chi connectivity index (χ4n) is 3.59. The molecule has 0 spiro atoms. The van der Waals surface area contributed by atoms with Gasteiger partial charge >= 0.3 is 0 Å². The second-order valence-corrected chi connectivity index (χ2v) is 9.00. The van der Waals surface area contributed by atoms with Gasteiger partial charge in [0.1, 0.15) is 0 Å². The quantitative estimate of drug-likeness (QED) is 0.391. The van der Waals surface area contributed by atoms with Gasteiger partial charge in [0, 0.05) is 22.5 Å². The minimum atomic E-state index is -0.148. The smallest absolute Gasteiger partial charge is 0.238 e. The standard InChI is InChI=1S/C25H32N4O3/c1-15(2)11-26-13-23(30)28-17-5-7-19-20-8-6-18(10-22(20)25(32)21(19)9-17)29-24(31)14-27-12-16(3)4/h5-10,15-16,26-27H,11-14H2,1-4H3,(H,28,30)(H,29,31). The molecule has 0 unspecified atom stereocenters. The van der Waals surface area contributed by atoms with Gasteiger partial charge in [0.15, 0.2) is 5.78 Å². The molecule has 2 aromatic rings. The number of carbonyl (C=O) groups is 3. The predicted molar refractivity (Wildman–Crippen MR) is 128 cm³/mol. The number of hydrogen-bond acceptors (Lipinski definition) is 5. The Balaban J connectivity index is 1.66. The van der Waals surface area contributed by atoms with Crippen molar-refractivity contribution in [2.75, 3.05) is 36.8 Å². The van der Waals surface area contributed by atoms with Crippen molar-refractivity contribution in [2.45, 2.75) is 27.7 Å². The first-order chi connectivity index (χ1) is 15.2. The maximum absolute atomic E-state index is 13.0. The molecule has 4 N–H and O–H groups in total. The monoisotopic (exact) mass is 436 g/mol. The van der Waals surface area contributed by atoms with Gasteiger partial charge in [-0.3, -0.25) is 14.4 Å². The van der Waals surface area contributed by atoms with Crippen LogP contribution >= 0.6 is 0 Å². The predicted octanol–water partition coefficient (Wildman–Crippen LogP) is 3.27. The number of nitrogens with one attached hydrogen (secondary N) is 4. The molecule has 7 nitrogen and oxygen atoms in total. The molecule has 32 heavy (non-hydrogen) atoms. The topological polar surface area (TPSA) is 99.3 Å². The van der Waals surface area contributed by atoms with Gasteiger partial charge in [-0.1, -0.05) is 39.8 Å². The molecule has 0 bridgehead atoms. The normalized spacial score (nSPS) is 12.1. The van der Waals surface area contributed by atoms with E-state index in [1.807, 2.05) is 12.1 Å². The molecular weight excluding hydrogens is 404 g/mol. The largest absolute Gasteiger partial charge is 0.325 e. The van der Waals surface area contributed by atoms with E-state index in [9.17, 15) is 14.4 Å². The number of benzene rings is 2. The highest BCUT2D eigenvalue weighted by Crippen LogP contribution is 2.39. The molecule has 1 aliphatic carbocycles. The Morgan fingerprint density at radius 1 is 0.688 bits per heavy atom. The fourth-order valence-corrected chi connectivity index (χ4v) is 3.59. The van der Waals surface area contributed by atoms with E-state index < -0.39 is 0 Å². The van der Waals surface area contributed by atoms with Crippen LogP contribution in [0.1, 0.15) is 43.6 Å². The van der Waals surface area contributed by atoms with Gasteiger partial charge in [-0.05, 0) is 60.3 Å². The number of carbonyl (C=O) groups excluding carboxylic acids is 3. The summed E-state index contributed by atoms with van der Waals surface area (Å²) in [5, 5.41) is 11.9. The fraction of sp³-hybridized carbons (Fsp3) is 0.400. The Hall–Kier alpha value is -3.03. The van der Waals surface area contributed by atoms with Crippen LogP contribution in [0.25, 0.3) is 11.1 Å². The zero-order chi connectivity index (χ0) is 23.3. The summed E-state index contributed by atoms with van der Waals surface area (Å²) in [5.74, 6) is 0.516. The van der Waals surface area contributed by atoms with E-state index in [1.54, 1.807) is 24.3 Å². The molecule has 2 amide bonds. The number of fused-ring (bicyclic) bond motifs is 3. The Labute approximate surface area is 189 Å². The highest BCUT2D eigenvalue weighted by molar-refractivity contribution is 6.22. The minimum Gasteiger partial charge on any atom is -0.325 e. The van der Waals surface area contributed by atoms with E-state index in [2.05, 4.69) is 49.0 Å². The van der Waals surface area contributed by atoms with Gasteiger partial charge in [-0.25, -0.2) is 0 Å². The molecule has 0 radical (unpaired) electrons. The number of ketones is 1. The molecule has 0 heterocycles. The van der Waals surface area contributed by atoms with Crippen LogP contribution in [0.2, 0.25) is 0 Å². The summed E-state index contributed by atoms with van der Waals surface area (Å²) in [4.78, 5) is 37.3. The Kier molecular flexibility index (Phi) is 7.77. The number of rotatable bonds is 10. The molecule has 0 saturated heterocycles. The molecule has 0 fully saturated rings. The molecule has 0 aromatic heterocycles. The van der Waals surface area contributed by atoms with E-state index in [0.717, 1.165) is 24.2 Å². The van der Waals surface area contributed by atoms with E-state index in [1.165, 1.54) is 0 Å². The summed E-state index contributed by atoms with van der Waals surface area (Å²) in [6.07, 6.45) is 0. The van der Waals surface area contributed by atoms with Gasteiger partial charge in [-0.15, -0.1) is 0 Å². The van der Waals surface area contributed by atoms with Crippen molar-refractivity contribution in [2.24, 2.45) is 11.8 Å². The summed E-state index contributed by atoms with van der Waals surface area (Å²) >= 11 is 0. The van der Waals surface area contributed by atoms with Crippen LogP contribution in [0, 0.1) is 11.8 Å². The summed E-state index contributed by atoms with van der Waals surface area (Å²) in [7, 11) is 0. The highest BCUT2D eigenvalue weighted by atomic mass is 16.2. The van der Waals surface area contributed by atoms with E-state index in [0.29, 0.717) is 34.3 Å². The summed E-state index contributed by atoms with van der Waals surface area (Å²) < 4.78 is 0. The van der Waals surface area contributed by atoms with Gasteiger partial charge in [0.25, 0.3) is 0 Å². The Bertz CT molecular complexity index is 935. The van der Waals surface area contributed by atoms with Crippen molar-refractivity contribution in [3.63, 3.8) is 0 Å². The van der Waals surface area contributed by atoms with Crippen LogP contribution < -0.4 is 21.3 Å². The van der Waals surface area contributed by atoms with Crippen LogP contribution in [0.4, 0.5) is 11.4 Å². The molecule has 1 aliphatic rings. The van der Waals surface area contributed by atoms with Crippen molar-refractivity contribution in [1.29, 1.82) is 0 Å². The van der Waals surface area contributed by atoms with Crippen molar-refractivity contribution in [1.82, 2.24) is 10.6 Å². The first-order valence-corrected chi connectivity index (χ1v) is 11.1. The van der Waals surface area contributed by atoms with Gasteiger partial charge in [0.2, 0.25) is 11.8 Å². The van der Waals surface area contributed by atoms with Crippen LogP contribution in [-0.4, -0.2) is 43.8 Å². The first-order valence-electron chi connectivity index (χ1n) is 11.1. The SMILES string of the molecule is CC(C)CNCC(=O)Nc1ccc2c(c1)C(=O)c1cc(NC(=O)CNCC(C)C)ccc1-2. The van der Waals surface area contributed by atoms with Crippen LogP contribution in [0.3, 0.4) is 0 Å². The lowest BCUT2D eigenvalue weighted by Gasteiger charge is -2.10. The molecule has 0 atom stereocenters. The number of amides is 2. The zero-order valence-electron chi connectivity index (χ0n) is 19.2.